The Morgan fingerprint density at radius 1 is 1.19 bits per heavy atom. The van der Waals surface area contributed by atoms with Crippen LogP contribution in [0.2, 0.25) is 0 Å². The van der Waals surface area contributed by atoms with E-state index in [-0.39, 0.29) is 28.8 Å². The largest absolute Gasteiger partial charge is 0.393 e. The van der Waals surface area contributed by atoms with Crippen LogP contribution in [0.3, 0.4) is 0 Å². The average molecular weight is 379 g/mol. The van der Waals surface area contributed by atoms with Gasteiger partial charge in [0, 0.05) is 5.41 Å². The van der Waals surface area contributed by atoms with Crippen LogP contribution in [0.5, 0.6) is 0 Å². The molecule has 4 aliphatic rings. The lowest BCUT2D eigenvalue weighted by Crippen LogP contribution is -2.65. The summed E-state index contributed by atoms with van der Waals surface area (Å²) in [5.74, 6) is -0.344. The molecule has 0 bridgehead atoms. The van der Waals surface area contributed by atoms with Gasteiger partial charge in [-0.05, 0) is 67.6 Å². The highest BCUT2D eigenvalue weighted by Gasteiger charge is 2.71. The minimum atomic E-state index is -1.56. The normalized spacial score (nSPS) is 54.6. The predicted molar refractivity (Wildman–Crippen MR) is 101 cm³/mol. The number of hydrogen-bond donors (Lipinski definition) is 4. The van der Waals surface area contributed by atoms with E-state index >= 15 is 0 Å². The average Bonchev–Trinajstić information content (AvgIpc) is 2.87. The van der Waals surface area contributed by atoms with Gasteiger partial charge in [-0.1, -0.05) is 32.4 Å². The molecule has 4 rings (SSSR count). The van der Waals surface area contributed by atoms with Gasteiger partial charge in [0.25, 0.3) is 0 Å². The highest BCUT2D eigenvalue weighted by Crippen LogP contribution is 2.71. The number of allylic oxidation sites excluding steroid dienone is 1. The molecule has 0 aromatic carbocycles. The van der Waals surface area contributed by atoms with Gasteiger partial charge in [-0.2, -0.15) is 0 Å². The Morgan fingerprint density at radius 2 is 1.89 bits per heavy atom. The molecule has 0 amide bonds. The first-order valence-electron chi connectivity index (χ1n) is 10.4. The zero-order valence-electron chi connectivity index (χ0n) is 16.7. The fourth-order valence-corrected chi connectivity index (χ4v) is 8.06. The maximum Gasteiger partial charge on any atom is 0.190 e. The summed E-state index contributed by atoms with van der Waals surface area (Å²) >= 11 is 0. The van der Waals surface area contributed by atoms with Crippen molar-refractivity contribution in [3.8, 4) is 0 Å². The van der Waals surface area contributed by atoms with Crippen molar-refractivity contribution in [3.05, 3.63) is 11.6 Å². The zero-order chi connectivity index (χ0) is 19.8. The molecule has 1 unspecified atom stereocenters. The first-order chi connectivity index (χ1) is 12.5. The van der Waals surface area contributed by atoms with Crippen molar-refractivity contribution in [2.75, 3.05) is 6.61 Å². The van der Waals surface area contributed by atoms with Crippen LogP contribution in [-0.4, -0.2) is 50.6 Å². The van der Waals surface area contributed by atoms with E-state index in [1.165, 1.54) is 5.57 Å². The molecule has 0 aliphatic heterocycles. The van der Waals surface area contributed by atoms with Gasteiger partial charge in [-0.15, -0.1) is 0 Å². The lowest BCUT2D eigenvalue weighted by atomic mass is 9.40. The molecule has 4 N–H and O–H groups in total. The number of rotatable bonds is 2. The van der Waals surface area contributed by atoms with Gasteiger partial charge < -0.3 is 20.4 Å². The van der Waals surface area contributed by atoms with E-state index in [1.807, 2.05) is 6.92 Å². The molecule has 0 spiro atoms. The van der Waals surface area contributed by atoms with Crippen LogP contribution in [0, 0.1) is 28.1 Å². The molecule has 5 heteroatoms. The Morgan fingerprint density at radius 3 is 2.56 bits per heavy atom. The minimum Gasteiger partial charge on any atom is -0.393 e. The predicted octanol–water partition coefficient (Wildman–Crippen LogP) is 1.96. The van der Waals surface area contributed by atoms with E-state index in [1.54, 1.807) is 0 Å². The summed E-state index contributed by atoms with van der Waals surface area (Å²) in [4.78, 5) is 12.5. The Hall–Kier alpha value is -0.750. The van der Waals surface area contributed by atoms with Gasteiger partial charge in [-0.25, -0.2) is 0 Å². The smallest absolute Gasteiger partial charge is 0.190 e. The lowest BCUT2D eigenvalue weighted by molar-refractivity contribution is -0.203. The van der Waals surface area contributed by atoms with E-state index in [0.29, 0.717) is 19.3 Å². The molecule has 3 saturated carbocycles. The maximum absolute atomic E-state index is 12.5. The third-order valence-electron chi connectivity index (χ3n) is 9.30. The molecular formula is C22H34O5. The van der Waals surface area contributed by atoms with Crippen molar-refractivity contribution < 1.29 is 25.2 Å². The summed E-state index contributed by atoms with van der Waals surface area (Å²) < 4.78 is 0. The Kier molecular flexibility index (Phi) is 4.26. The van der Waals surface area contributed by atoms with Gasteiger partial charge >= 0.3 is 0 Å². The molecule has 27 heavy (non-hydrogen) atoms. The van der Waals surface area contributed by atoms with Gasteiger partial charge in [0.15, 0.2) is 5.78 Å². The second-order valence-corrected chi connectivity index (χ2v) is 10.5. The van der Waals surface area contributed by atoms with Crippen LogP contribution in [0.1, 0.15) is 65.7 Å². The van der Waals surface area contributed by atoms with Gasteiger partial charge in [-0.3, -0.25) is 4.79 Å². The molecule has 5 nitrogen and oxygen atoms in total. The molecule has 0 aromatic heterocycles. The van der Waals surface area contributed by atoms with Gasteiger partial charge in [0.2, 0.25) is 0 Å². The summed E-state index contributed by atoms with van der Waals surface area (Å²) in [5, 5.41) is 42.2. The number of ketones is 1. The number of hydrogen-bond acceptors (Lipinski definition) is 5. The monoisotopic (exact) mass is 378 g/mol. The molecule has 3 fully saturated rings. The Labute approximate surface area is 161 Å². The summed E-state index contributed by atoms with van der Waals surface area (Å²) in [5.41, 5.74) is -1.38. The number of carbonyl (C=O) groups excluding carboxylic acids is 1. The maximum atomic E-state index is 12.5. The van der Waals surface area contributed by atoms with Crippen molar-refractivity contribution >= 4 is 5.78 Å². The Bertz CT molecular complexity index is 688. The van der Waals surface area contributed by atoms with Gasteiger partial charge in [0.1, 0.15) is 12.2 Å². The molecule has 152 valence electrons. The summed E-state index contributed by atoms with van der Waals surface area (Å²) in [7, 11) is 0. The number of Topliss-reactive ketones (excluding diaryl/α,β-unsaturated/α-hetero) is 1. The number of aliphatic hydroxyl groups is 4. The highest BCUT2D eigenvalue weighted by molar-refractivity contribution is 5.89. The summed E-state index contributed by atoms with van der Waals surface area (Å²) in [6, 6.07) is 0. The van der Waals surface area contributed by atoms with E-state index < -0.39 is 29.5 Å². The van der Waals surface area contributed by atoms with Crippen molar-refractivity contribution in [2.45, 2.75) is 83.5 Å². The van der Waals surface area contributed by atoms with Crippen molar-refractivity contribution in [3.63, 3.8) is 0 Å². The lowest BCUT2D eigenvalue weighted by Gasteiger charge is -2.65. The van der Waals surface area contributed by atoms with Crippen LogP contribution in [-0.2, 0) is 4.79 Å². The molecule has 0 heterocycles. The SMILES string of the molecule is CC12C[C@H](O)[C@H]3[C@@](C)(CC=C4C[C@H](O)CC[C@@]43C)[C@@H]1CC[C@]2(O)C(=O)CO. The second kappa shape index (κ2) is 5.88. The number of fused-ring (bicyclic) bond motifs is 5. The fourth-order valence-electron chi connectivity index (χ4n) is 8.06. The van der Waals surface area contributed by atoms with Crippen LogP contribution >= 0.6 is 0 Å². The highest BCUT2D eigenvalue weighted by atomic mass is 16.3. The molecule has 8 atom stereocenters. The standard InChI is InChI=1S/C22H34O5/c1-19-8-5-14(24)10-13(19)4-7-20(2)16-6-9-22(27,17(26)12-23)21(16,3)11-15(25)18(19)20/h4,14-16,18,23-25,27H,5-12H2,1-3H3/t14-,15+,16+,18-,19+,20+,21?,22+/m1/s1. The molecule has 0 aromatic rings. The molecule has 0 saturated heterocycles. The van der Waals surface area contributed by atoms with Crippen LogP contribution in [0.25, 0.3) is 0 Å². The third kappa shape index (κ3) is 2.29. The Balaban J connectivity index is 1.79. The second-order valence-electron chi connectivity index (χ2n) is 10.5. The first-order valence-corrected chi connectivity index (χ1v) is 10.4. The summed E-state index contributed by atoms with van der Waals surface area (Å²) in [6.45, 7) is 5.74. The quantitative estimate of drug-likeness (QED) is 0.551. The first kappa shape index (κ1) is 19.6. The molecule has 0 radical (unpaired) electrons. The third-order valence-corrected chi connectivity index (χ3v) is 9.30. The van der Waals surface area contributed by atoms with Crippen LogP contribution in [0.4, 0.5) is 0 Å². The van der Waals surface area contributed by atoms with E-state index in [9.17, 15) is 25.2 Å². The van der Waals surface area contributed by atoms with Crippen LogP contribution in [0.15, 0.2) is 11.6 Å². The van der Waals surface area contributed by atoms with Crippen molar-refractivity contribution in [1.29, 1.82) is 0 Å². The number of aliphatic hydroxyl groups excluding tert-OH is 3. The van der Waals surface area contributed by atoms with Crippen LogP contribution < -0.4 is 0 Å². The van der Waals surface area contributed by atoms with E-state index in [4.69, 9.17) is 0 Å². The zero-order valence-corrected chi connectivity index (χ0v) is 16.7. The fraction of sp³-hybridized carbons (Fsp3) is 0.864. The topological polar surface area (TPSA) is 98.0 Å². The van der Waals surface area contributed by atoms with E-state index in [2.05, 4.69) is 19.9 Å². The molecular weight excluding hydrogens is 344 g/mol. The van der Waals surface area contributed by atoms with Crippen molar-refractivity contribution in [1.82, 2.24) is 0 Å². The van der Waals surface area contributed by atoms with E-state index in [0.717, 1.165) is 25.7 Å². The summed E-state index contributed by atoms with van der Waals surface area (Å²) in [6.07, 6.45) is 5.93. The van der Waals surface area contributed by atoms with Crippen molar-refractivity contribution in [2.24, 2.45) is 28.1 Å². The number of carbonyl (C=O) groups is 1. The minimum absolute atomic E-state index is 0.0575. The molecule has 4 aliphatic carbocycles. The van der Waals surface area contributed by atoms with Gasteiger partial charge in [0.05, 0.1) is 12.2 Å².